The number of piperazine rings is 3. The standard InChI is InChI=1S/C16H24N4/c17-18-15(16-11-19-5-7-20(16)8-6-19)10-13-9-12-3-1-2-4-14(12)13/h1-4,13,15-16,18H,5-11,17H2. The van der Waals surface area contributed by atoms with E-state index in [0.29, 0.717) is 18.0 Å². The Balaban J connectivity index is 1.45. The van der Waals surface area contributed by atoms with Crippen LogP contribution in [0.25, 0.3) is 0 Å². The monoisotopic (exact) mass is 272 g/mol. The minimum Gasteiger partial charge on any atom is -0.299 e. The van der Waals surface area contributed by atoms with Crippen molar-refractivity contribution in [2.24, 2.45) is 5.84 Å². The minimum atomic E-state index is 0.413. The van der Waals surface area contributed by atoms with Gasteiger partial charge in [-0.15, -0.1) is 0 Å². The van der Waals surface area contributed by atoms with Crippen molar-refractivity contribution in [3.8, 4) is 0 Å². The van der Waals surface area contributed by atoms with Crippen LogP contribution >= 0.6 is 0 Å². The van der Waals surface area contributed by atoms with Crippen molar-refractivity contribution in [3.05, 3.63) is 35.4 Å². The highest BCUT2D eigenvalue weighted by Crippen LogP contribution is 2.39. The molecule has 3 saturated heterocycles. The molecule has 3 unspecified atom stereocenters. The Morgan fingerprint density at radius 3 is 2.65 bits per heavy atom. The van der Waals surface area contributed by atoms with E-state index in [1.165, 1.54) is 51.1 Å². The minimum absolute atomic E-state index is 0.413. The summed E-state index contributed by atoms with van der Waals surface area (Å²) in [6.07, 6.45) is 2.40. The molecule has 4 nitrogen and oxygen atoms in total. The second-order valence-electron chi connectivity index (χ2n) is 6.51. The predicted molar refractivity (Wildman–Crippen MR) is 80.4 cm³/mol. The van der Waals surface area contributed by atoms with Gasteiger partial charge in [-0.1, -0.05) is 24.3 Å². The molecule has 0 amide bonds. The maximum absolute atomic E-state index is 5.89. The van der Waals surface area contributed by atoms with Gasteiger partial charge >= 0.3 is 0 Å². The zero-order valence-corrected chi connectivity index (χ0v) is 12.0. The maximum atomic E-state index is 5.89. The highest BCUT2D eigenvalue weighted by Gasteiger charge is 2.38. The second kappa shape index (κ2) is 5.11. The first-order chi connectivity index (χ1) is 9.85. The highest BCUT2D eigenvalue weighted by molar-refractivity contribution is 5.40. The largest absolute Gasteiger partial charge is 0.299 e. The number of nitrogens with one attached hydrogen (secondary N) is 1. The van der Waals surface area contributed by atoms with Crippen LogP contribution in [0.15, 0.2) is 24.3 Å². The molecule has 5 rings (SSSR count). The van der Waals surface area contributed by atoms with Gasteiger partial charge in [0.2, 0.25) is 0 Å². The van der Waals surface area contributed by atoms with Gasteiger partial charge < -0.3 is 0 Å². The van der Waals surface area contributed by atoms with E-state index < -0.39 is 0 Å². The summed E-state index contributed by atoms with van der Waals surface area (Å²) in [7, 11) is 0. The Kier molecular flexibility index (Phi) is 3.27. The third-order valence-electron chi connectivity index (χ3n) is 5.50. The van der Waals surface area contributed by atoms with E-state index in [9.17, 15) is 0 Å². The third-order valence-corrected chi connectivity index (χ3v) is 5.50. The Bertz CT molecular complexity index is 481. The Labute approximate surface area is 120 Å². The molecule has 4 heteroatoms. The summed E-state index contributed by atoms with van der Waals surface area (Å²) in [6, 6.07) is 9.86. The van der Waals surface area contributed by atoms with E-state index in [1.807, 2.05) is 0 Å². The summed E-state index contributed by atoms with van der Waals surface area (Å²) >= 11 is 0. The van der Waals surface area contributed by atoms with E-state index in [-0.39, 0.29) is 0 Å². The summed E-state index contributed by atoms with van der Waals surface area (Å²) in [4.78, 5) is 5.22. The van der Waals surface area contributed by atoms with Crippen molar-refractivity contribution >= 4 is 0 Å². The van der Waals surface area contributed by atoms with Crippen molar-refractivity contribution in [3.63, 3.8) is 0 Å². The molecule has 0 radical (unpaired) electrons. The molecule has 1 aliphatic carbocycles. The Hall–Kier alpha value is -0.940. The number of benzene rings is 1. The average Bonchev–Trinajstić information content (AvgIpc) is 2.50. The SMILES string of the molecule is NNC(CC1Cc2ccccc21)C1CN2CCN1CC2. The van der Waals surface area contributed by atoms with Crippen LogP contribution in [-0.2, 0) is 6.42 Å². The van der Waals surface area contributed by atoms with Crippen molar-refractivity contribution < 1.29 is 0 Å². The molecule has 3 fully saturated rings. The van der Waals surface area contributed by atoms with Gasteiger partial charge in [-0.2, -0.15) is 0 Å². The van der Waals surface area contributed by atoms with Crippen LogP contribution in [-0.4, -0.2) is 54.6 Å². The quantitative estimate of drug-likeness (QED) is 0.620. The van der Waals surface area contributed by atoms with Crippen molar-refractivity contribution in [1.82, 2.24) is 15.2 Å². The number of nitrogens with zero attached hydrogens (tertiary/aromatic N) is 2. The van der Waals surface area contributed by atoms with Crippen LogP contribution in [0.2, 0.25) is 0 Å². The first-order valence-electron chi connectivity index (χ1n) is 7.85. The smallest absolute Gasteiger partial charge is 0.0391 e. The van der Waals surface area contributed by atoms with Crippen LogP contribution in [0.4, 0.5) is 0 Å². The molecule has 1 aromatic carbocycles. The first kappa shape index (κ1) is 12.8. The zero-order chi connectivity index (χ0) is 13.5. The molecule has 2 bridgehead atoms. The fourth-order valence-corrected chi connectivity index (χ4v) is 4.25. The highest BCUT2D eigenvalue weighted by atomic mass is 15.4. The van der Waals surface area contributed by atoms with E-state index in [4.69, 9.17) is 5.84 Å². The molecule has 0 spiro atoms. The molecule has 108 valence electrons. The number of hydrazine groups is 1. The summed E-state index contributed by atoms with van der Waals surface area (Å²) in [5, 5.41) is 0. The van der Waals surface area contributed by atoms with Crippen LogP contribution in [0.3, 0.4) is 0 Å². The Morgan fingerprint density at radius 1 is 1.20 bits per heavy atom. The molecule has 1 aromatic rings. The van der Waals surface area contributed by atoms with Crippen LogP contribution < -0.4 is 11.3 Å². The van der Waals surface area contributed by atoms with Crippen molar-refractivity contribution in [2.75, 3.05) is 32.7 Å². The normalized spacial score (nSPS) is 36.2. The van der Waals surface area contributed by atoms with E-state index in [0.717, 1.165) is 0 Å². The van der Waals surface area contributed by atoms with Gasteiger partial charge in [-0.05, 0) is 29.9 Å². The lowest BCUT2D eigenvalue weighted by Gasteiger charge is -2.50. The molecule has 3 heterocycles. The summed E-state index contributed by atoms with van der Waals surface area (Å²) in [6.45, 7) is 6.08. The van der Waals surface area contributed by atoms with Gasteiger partial charge in [0.1, 0.15) is 0 Å². The molecule has 0 aromatic heterocycles. The number of hydrogen-bond donors (Lipinski definition) is 2. The number of hydrogen-bond acceptors (Lipinski definition) is 4. The molecule has 3 atom stereocenters. The lowest BCUT2D eigenvalue weighted by Crippen LogP contribution is -2.67. The number of fused-ring (bicyclic) bond motifs is 4. The van der Waals surface area contributed by atoms with Crippen LogP contribution in [0.1, 0.15) is 23.5 Å². The molecule has 4 aliphatic rings. The van der Waals surface area contributed by atoms with Crippen LogP contribution in [0, 0.1) is 0 Å². The summed E-state index contributed by atoms with van der Waals surface area (Å²) in [5.74, 6) is 6.59. The molecule has 20 heavy (non-hydrogen) atoms. The maximum Gasteiger partial charge on any atom is 0.0391 e. The predicted octanol–water partition coefficient (Wildman–Crippen LogP) is 0.548. The van der Waals surface area contributed by atoms with Gasteiger partial charge in [0, 0.05) is 44.8 Å². The third kappa shape index (κ3) is 2.07. The second-order valence-corrected chi connectivity index (χ2v) is 6.51. The fourth-order valence-electron chi connectivity index (χ4n) is 4.25. The zero-order valence-electron chi connectivity index (χ0n) is 12.0. The number of nitrogens with two attached hydrogens (primary N) is 1. The van der Waals surface area contributed by atoms with Crippen molar-refractivity contribution in [1.29, 1.82) is 0 Å². The fraction of sp³-hybridized carbons (Fsp3) is 0.625. The molecule has 3 N–H and O–H groups in total. The molecule has 0 saturated carbocycles. The van der Waals surface area contributed by atoms with Gasteiger partial charge in [0.15, 0.2) is 0 Å². The van der Waals surface area contributed by atoms with E-state index in [2.05, 4.69) is 39.5 Å². The van der Waals surface area contributed by atoms with Crippen LogP contribution in [0.5, 0.6) is 0 Å². The summed E-state index contributed by atoms with van der Waals surface area (Å²) < 4.78 is 0. The molecule has 3 aliphatic heterocycles. The van der Waals surface area contributed by atoms with E-state index >= 15 is 0 Å². The first-order valence-corrected chi connectivity index (χ1v) is 7.85. The van der Waals surface area contributed by atoms with Gasteiger partial charge in [0.05, 0.1) is 0 Å². The van der Waals surface area contributed by atoms with Crippen molar-refractivity contribution in [2.45, 2.75) is 30.8 Å². The lowest BCUT2D eigenvalue weighted by atomic mass is 9.73. The topological polar surface area (TPSA) is 44.5 Å². The van der Waals surface area contributed by atoms with E-state index in [1.54, 1.807) is 5.56 Å². The number of rotatable bonds is 4. The van der Waals surface area contributed by atoms with Gasteiger partial charge in [-0.25, -0.2) is 0 Å². The lowest BCUT2D eigenvalue weighted by molar-refractivity contribution is -0.00586. The van der Waals surface area contributed by atoms with Gasteiger partial charge in [-0.3, -0.25) is 21.1 Å². The van der Waals surface area contributed by atoms with Gasteiger partial charge in [0.25, 0.3) is 0 Å². The molecular weight excluding hydrogens is 248 g/mol. The average molecular weight is 272 g/mol. The molecular formula is C16H24N4. The summed E-state index contributed by atoms with van der Waals surface area (Å²) in [5.41, 5.74) is 6.19. The Morgan fingerprint density at radius 2 is 2.00 bits per heavy atom.